The van der Waals surface area contributed by atoms with Gasteiger partial charge in [0.1, 0.15) is 13.2 Å². The van der Waals surface area contributed by atoms with Crippen LogP contribution in [0.4, 0.5) is 11.4 Å². The summed E-state index contributed by atoms with van der Waals surface area (Å²) in [6, 6.07) is 5.49. The van der Waals surface area contributed by atoms with E-state index in [0.717, 1.165) is 49.0 Å². The third-order valence-corrected chi connectivity index (χ3v) is 4.97. The molecule has 1 amide bonds. The molecule has 2 aromatic rings. The average molecular weight is 371 g/mol. The summed E-state index contributed by atoms with van der Waals surface area (Å²) in [4.78, 5) is 16.9. The van der Waals surface area contributed by atoms with Crippen molar-refractivity contribution in [2.75, 3.05) is 56.2 Å². The van der Waals surface area contributed by atoms with Gasteiger partial charge >= 0.3 is 0 Å². The van der Waals surface area contributed by atoms with Gasteiger partial charge in [0.05, 0.1) is 23.6 Å². The Morgan fingerprint density at radius 1 is 1.15 bits per heavy atom. The second kappa shape index (κ2) is 7.48. The molecule has 1 saturated heterocycles. The molecule has 2 aliphatic heterocycles. The predicted octanol–water partition coefficient (Wildman–Crippen LogP) is 1.56. The topological polar surface area (TPSA) is 82.7 Å². The van der Waals surface area contributed by atoms with E-state index in [1.54, 1.807) is 0 Å². The number of aryl methyl sites for hydroxylation is 2. The molecular weight excluding hydrogens is 346 g/mol. The van der Waals surface area contributed by atoms with Crippen LogP contribution in [-0.2, 0) is 4.79 Å². The summed E-state index contributed by atoms with van der Waals surface area (Å²) in [6.45, 7) is 9.00. The number of ether oxygens (including phenoxy) is 2. The maximum atomic E-state index is 12.4. The first kappa shape index (κ1) is 17.7. The summed E-state index contributed by atoms with van der Waals surface area (Å²) in [7, 11) is 0. The van der Waals surface area contributed by atoms with E-state index in [-0.39, 0.29) is 5.91 Å². The van der Waals surface area contributed by atoms with E-state index >= 15 is 0 Å². The number of amides is 1. The SMILES string of the molecule is Cc1n[nH]c(C)c1N1CCN(CC(=O)Nc2ccc3c(c2)OCCO3)CC1. The number of H-pyrrole nitrogens is 1. The van der Waals surface area contributed by atoms with Gasteiger partial charge in [-0.25, -0.2) is 0 Å². The van der Waals surface area contributed by atoms with Crippen LogP contribution in [-0.4, -0.2) is 66.9 Å². The lowest BCUT2D eigenvalue weighted by Gasteiger charge is -2.35. The Morgan fingerprint density at radius 2 is 1.89 bits per heavy atom. The zero-order chi connectivity index (χ0) is 18.8. The highest BCUT2D eigenvalue weighted by Crippen LogP contribution is 2.32. The summed E-state index contributed by atoms with van der Waals surface area (Å²) in [6.07, 6.45) is 0. The van der Waals surface area contributed by atoms with Gasteiger partial charge in [-0.05, 0) is 26.0 Å². The van der Waals surface area contributed by atoms with Crippen LogP contribution in [0, 0.1) is 13.8 Å². The number of carbonyl (C=O) groups excluding carboxylic acids is 1. The summed E-state index contributed by atoms with van der Waals surface area (Å²) >= 11 is 0. The van der Waals surface area contributed by atoms with E-state index in [1.807, 2.05) is 32.0 Å². The number of piperazine rings is 1. The summed E-state index contributed by atoms with van der Waals surface area (Å²) < 4.78 is 11.1. The molecule has 144 valence electrons. The van der Waals surface area contributed by atoms with Gasteiger partial charge < -0.3 is 19.7 Å². The highest BCUT2D eigenvalue weighted by Gasteiger charge is 2.22. The Bertz CT molecular complexity index is 807. The number of nitrogens with zero attached hydrogens (tertiary/aromatic N) is 3. The van der Waals surface area contributed by atoms with Crippen molar-refractivity contribution in [3.05, 3.63) is 29.6 Å². The molecule has 2 aliphatic rings. The molecule has 4 rings (SSSR count). The highest BCUT2D eigenvalue weighted by atomic mass is 16.6. The largest absolute Gasteiger partial charge is 0.486 e. The molecule has 27 heavy (non-hydrogen) atoms. The highest BCUT2D eigenvalue weighted by molar-refractivity contribution is 5.92. The molecule has 0 saturated carbocycles. The lowest BCUT2D eigenvalue weighted by Crippen LogP contribution is -2.49. The fourth-order valence-electron chi connectivity index (χ4n) is 3.67. The number of aromatic amines is 1. The number of carbonyl (C=O) groups is 1. The lowest BCUT2D eigenvalue weighted by atomic mass is 10.2. The third-order valence-electron chi connectivity index (χ3n) is 4.97. The first-order chi connectivity index (χ1) is 13.1. The van der Waals surface area contributed by atoms with Crippen molar-refractivity contribution >= 4 is 17.3 Å². The molecule has 0 spiro atoms. The fraction of sp³-hybridized carbons (Fsp3) is 0.474. The number of hydrogen-bond acceptors (Lipinski definition) is 6. The van der Waals surface area contributed by atoms with E-state index in [9.17, 15) is 4.79 Å². The van der Waals surface area contributed by atoms with E-state index in [4.69, 9.17) is 9.47 Å². The number of fused-ring (bicyclic) bond motifs is 1. The van der Waals surface area contributed by atoms with Gasteiger partial charge in [0.25, 0.3) is 0 Å². The van der Waals surface area contributed by atoms with Crippen LogP contribution in [0.3, 0.4) is 0 Å². The minimum atomic E-state index is -0.0178. The molecule has 1 fully saturated rings. The number of aromatic nitrogens is 2. The van der Waals surface area contributed by atoms with Crippen molar-refractivity contribution in [1.82, 2.24) is 15.1 Å². The molecule has 0 radical (unpaired) electrons. The molecular formula is C19H25N5O3. The first-order valence-corrected chi connectivity index (χ1v) is 9.28. The van der Waals surface area contributed by atoms with Crippen molar-refractivity contribution in [1.29, 1.82) is 0 Å². The van der Waals surface area contributed by atoms with Crippen LogP contribution >= 0.6 is 0 Å². The monoisotopic (exact) mass is 371 g/mol. The number of hydrogen-bond donors (Lipinski definition) is 2. The van der Waals surface area contributed by atoms with Gasteiger partial charge in [-0.15, -0.1) is 0 Å². The van der Waals surface area contributed by atoms with E-state index in [1.165, 1.54) is 5.69 Å². The molecule has 0 unspecified atom stereocenters. The quantitative estimate of drug-likeness (QED) is 0.849. The second-order valence-corrected chi connectivity index (χ2v) is 6.95. The van der Waals surface area contributed by atoms with Crippen LogP contribution in [0.1, 0.15) is 11.4 Å². The Kier molecular flexibility index (Phi) is 4.89. The Labute approximate surface area is 158 Å². The van der Waals surface area contributed by atoms with Crippen LogP contribution < -0.4 is 19.7 Å². The molecule has 2 N–H and O–H groups in total. The number of nitrogens with one attached hydrogen (secondary N) is 2. The first-order valence-electron chi connectivity index (χ1n) is 9.28. The predicted molar refractivity (Wildman–Crippen MR) is 103 cm³/mol. The molecule has 8 nitrogen and oxygen atoms in total. The zero-order valence-electron chi connectivity index (χ0n) is 15.7. The lowest BCUT2D eigenvalue weighted by molar-refractivity contribution is -0.117. The van der Waals surface area contributed by atoms with E-state index in [0.29, 0.717) is 25.5 Å². The number of benzene rings is 1. The summed E-state index contributed by atoms with van der Waals surface area (Å²) in [5.74, 6) is 1.38. The Morgan fingerprint density at radius 3 is 2.59 bits per heavy atom. The minimum Gasteiger partial charge on any atom is -0.486 e. The molecule has 3 heterocycles. The van der Waals surface area contributed by atoms with Crippen molar-refractivity contribution in [3.63, 3.8) is 0 Å². The summed E-state index contributed by atoms with van der Waals surface area (Å²) in [5, 5.41) is 10.3. The van der Waals surface area contributed by atoms with Crippen molar-refractivity contribution < 1.29 is 14.3 Å². The van der Waals surface area contributed by atoms with Gasteiger partial charge in [-0.1, -0.05) is 0 Å². The van der Waals surface area contributed by atoms with Crippen molar-refractivity contribution in [2.45, 2.75) is 13.8 Å². The third kappa shape index (κ3) is 3.85. The minimum absolute atomic E-state index is 0.0178. The Balaban J connectivity index is 1.30. The normalized spacial score (nSPS) is 17.0. The smallest absolute Gasteiger partial charge is 0.238 e. The number of anilines is 2. The van der Waals surface area contributed by atoms with Gasteiger partial charge in [0, 0.05) is 37.9 Å². The standard InChI is InChI=1S/C19H25N5O3/c1-13-19(14(2)22-21-13)24-7-5-23(6-8-24)12-18(25)20-15-3-4-16-17(11-15)27-10-9-26-16/h3-4,11H,5-10,12H2,1-2H3,(H,20,25)(H,21,22). The summed E-state index contributed by atoms with van der Waals surface area (Å²) in [5.41, 5.74) is 4.04. The molecule has 0 aliphatic carbocycles. The second-order valence-electron chi connectivity index (χ2n) is 6.95. The van der Waals surface area contributed by atoms with Crippen LogP contribution in [0.25, 0.3) is 0 Å². The molecule has 1 aromatic heterocycles. The van der Waals surface area contributed by atoms with Crippen LogP contribution in [0.5, 0.6) is 11.5 Å². The van der Waals surface area contributed by atoms with Gasteiger partial charge in [-0.3, -0.25) is 14.8 Å². The van der Waals surface area contributed by atoms with Gasteiger partial charge in [0.15, 0.2) is 11.5 Å². The number of rotatable bonds is 4. The van der Waals surface area contributed by atoms with Gasteiger partial charge in [0.2, 0.25) is 5.91 Å². The zero-order valence-corrected chi connectivity index (χ0v) is 15.7. The maximum Gasteiger partial charge on any atom is 0.238 e. The molecule has 0 atom stereocenters. The maximum absolute atomic E-state index is 12.4. The van der Waals surface area contributed by atoms with Gasteiger partial charge in [-0.2, -0.15) is 5.10 Å². The van der Waals surface area contributed by atoms with Crippen molar-refractivity contribution in [2.24, 2.45) is 0 Å². The van der Waals surface area contributed by atoms with E-state index < -0.39 is 0 Å². The van der Waals surface area contributed by atoms with Crippen LogP contribution in [0.2, 0.25) is 0 Å². The van der Waals surface area contributed by atoms with Crippen LogP contribution in [0.15, 0.2) is 18.2 Å². The molecule has 0 bridgehead atoms. The Hall–Kier alpha value is -2.74. The van der Waals surface area contributed by atoms with E-state index in [2.05, 4.69) is 25.3 Å². The average Bonchev–Trinajstić information content (AvgIpc) is 3.01. The molecule has 1 aromatic carbocycles. The fourth-order valence-corrected chi connectivity index (χ4v) is 3.67. The molecule has 8 heteroatoms. The van der Waals surface area contributed by atoms with Crippen molar-refractivity contribution in [3.8, 4) is 11.5 Å².